The Hall–Kier alpha value is -2.89. The fraction of sp³-hybridized carbons (Fsp3) is 0.429. The zero-order valence-corrected chi connectivity index (χ0v) is 22.0. The zero-order valence-electron chi connectivity index (χ0n) is 19.5. The molecule has 3 amide bonds. The molecule has 0 aliphatic carbocycles. The van der Waals surface area contributed by atoms with E-state index >= 15 is 0 Å². The second-order valence-electron chi connectivity index (χ2n) is 8.67. The molecule has 17 heteroatoms. The molecule has 0 saturated carbocycles. The number of hydrogen-bond acceptors (Lipinski definition) is 10. The number of nitrogens with zero attached hydrogens (tertiary/aromatic N) is 3. The van der Waals surface area contributed by atoms with E-state index in [2.05, 4.69) is 15.5 Å². The molecule has 0 radical (unpaired) electrons. The maximum atomic E-state index is 12.8. The number of nitrogens with one attached hydrogen (secondary N) is 2. The topological polar surface area (TPSA) is 168 Å². The summed E-state index contributed by atoms with van der Waals surface area (Å²) in [5, 5.41) is 22.4. The normalized spacial score (nSPS) is 23.7. The van der Waals surface area contributed by atoms with Gasteiger partial charge in [0.15, 0.2) is 4.34 Å². The number of aryl methyl sites for hydroxylation is 1. The number of carbonyl (C=O) groups is 4. The van der Waals surface area contributed by atoms with Crippen LogP contribution < -0.4 is 16.4 Å². The molecule has 3 unspecified atom stereocenters. The van der Waals surface area contributed by atoms with Gasteiger partial charge in [0, 0.05) is 23.7 Å². The van der Waals surface area contributed by atoms with Gasteiger partial charge in [-0.05, 0) is 24.6 Å². The monoisotopic (exact) mass is 590 g/mol. The van der Waals surface area contributed by atoms with Crippen LogP contribution in [0.2, 0.25) is 0 Å². The van der Waals surface area contributed by atoms with Crippen molar-refractivity contribution in [1.29, 1.82) is 0 Å². The summed E-state index contributed by atoms with van der Waals surface area (Å²) in [6, 6.07) is 2.80. The zero-order chi connectivity index (χ0) is 27.8. The summed E-state index contributed by atoms with van der Waals surface area (Å²) in [5.41, 5.74) is 4.90. The smallest absolute Gasteiger partial charge is 0.471 e. The van der Waals surface area contributed by atoms with Crippen molar-refractivity contribution in [2.75, 3.05) is 23.4 Å². The number of β-lactam (4-membered cyclic amide) rings is 1. The second-order valence-corrected chi connectivity index (χ2v) is 12.2. The molecular formula is C21H21F3N6O5S3. The number of benzene rings is 1. The Morgan fingerprint density at radius 3 is 2.55 bits per heavy atom. The summed E-state index contributed by atoms with van der Waals surface area (Å²) in [6.07, 6.45) is -5.05. The second kappa shape index (κ2) is 10.7. The van der Waals surface area contributed by atoms with Gasteiger partial charge in [-0.3, -0.25) is 19.2 Å². The van der Waals surface area contributed by atoms with Crippen LogP contribution in [-0.2, 0) is 19.2 Å². The number of aliphatic carboxylic acids is 1. The predicted molar refractivity (Wildman–Crippen MR) is 133 cm³/mol. The molecular weight excluding hydrogens is 569 g/mol. The van der Waals surface area contributed by atoms with Crippen LogP contribution in [0, 0.1) is 12.3 Å². The average Bonchev–Trinajstić information content (AvgIpc) is 3.30. The first-order chi connectivity index (χ1) is 17.8. The van der Waals surface area contributed by atoms with Crippen LogP contribution in [-0.4, -0.2) is 79.5 Å². The van der Waals surface area contributed by atoms with E-state index in [1.807, 2.05) is 0 Å². The Labute approximate surface area is 226 Å². The van der Waals surface area contributed by atoms with Gasteiger partial charge in [-0.15, -0.1) is 22.0 Å². The number of thioether (sulfide) groups is 2. The van der Waals surface area contributed by atoms with E-state index in [4.69, 9.17) is 5.73 Å². The van der Waals surface area contributed by atoms with E-state index in [-0.39, 0.29) is 29.3 Å². The van der Waals surface area contributed by atoms with Crippen molar-refractivity contribution in [3.8, 4) is 0 Å². The van der Waals surface area contributed by atoms with Crippen molar-refractivity contribution < 1.29 is 37.5 Å². The molecule has 204 valence electrons. The van der Waals surface area contributed by atoms with Gasteiger partial charge in [0.25, 0.3) is 0 Å². The molecule has 4 rings (SSSR count). The van der Waals surface area contributed by atoms with Crippen LogP contribution in [0.5, 0.6) is 0 Å². The average molecular weight is 591 g/mol. The Morgan fingerprint density at radius 2 is 1.97 bits per heavy atom. The quantitative estimate of drug-likeness (QED) is 0.262. The van der Waals surface area contributed by atoms with E-state index in [0.29, 0.717) is 4.34 Å². The standard InChI is InChI=1S/C21H21F3N6O5S3/c1-9-28-29-19(38-9)37-8-20(18(34)35)6-30-15(32)13(16(30)36-7-20)27-14(31)12(25)10-2-4-11(5-3-10)26-17(33)21(22,23)24/h2-5,12-13,16H,6-8,25H2,1H3,(H,26,33)(H,27,31)(H,34,35)/t12?,13?,16-,20?/m1/s1. The third kappa shape index (κ3) is 5.74. The number of rotatable bonds is 8. The van der Waals surface area contributed by atoms with Crippen LogP contribution in [0.25, 0.3) is 0 Å². The van der Waals surface area contributed by atoms with Crippen molar-refractivity contribution >= 4 is 64.2 Å². The number of halogens is 3. The van der Waals surface area contributed by atoms with Crippen molar-refractivity contribution in [2.24, 2.45) is 11.1 Å². The molecule has 2 aliphatic heterocycles. The number of carbonyl (C=O) groups excluding carboxylic acids is 3. The highest BCUT2D eigenvalue weighted by atomic mass is 32.2. The van der Waals surface area contributed by atoms with Gasteiger partial charge in [0.05, 0.1) is 0 Å². The number of anilines is 1. The number of nitrogens with two attached hydrogens (primary N) is 1. The number of amides is 3. The summed E-state index contributed by atoms with van der Waals surface area (Å²) in [5.74, 6) is -3.88. The molecule has 1 aromatic heterocycles. The van der Waals surface area contributed by atoms with Crippen molar-refractivity contribution in [2.45, 2.75) is 34.9 Å². The number of fused-ring (bicyclic) bond motifs is 1. The largest absolute Gasteiger partial charge is 0.481 e. The molecule has 0 spiro atoms. The minimum Gasteiger partial charge on any atom is -0.481 e. The van der Waals surface area contributed by atoms with E-state index in [1.165, 1.54) is 64.0 Å². The van der Waals surface area contributed by atoms with Crippen molar-refractivity contribution in [3.63, 3.8) is 0 Å². The molecule has 38 heavy (non-hydrogen) atoms. The number of carboxylic acid groups (broad SMARTS) is 1. The van der Waals surface area contributed by atoms with Gasteiger partial charge in [-0.1, -0.05) is 35.2 Å². The van der Waals surface area contributed by atoms with Crippen molar-refractivity contribution in [1.82, 2.24) is 20.4 Å². The fourth-order valence-corrected chi connectivity index (χ4v) is 7.49. The maximum Gasteiger partial charge on any atom is 0.471 e. The first-order valence-electron chi connectivity index (χ1n) is 10.9. The predicted octanol–water partition coefficient (Wildman–Crippen LogP) is 1.61. The maximum absolute atomic E-state index is 12.8. The third-order valence-electron chi connectivity index (χ3n) is 5.94. The molecule has 2 aromatic rings. The Bertz CT molecular complexity index is 1260. The number of aromatic nitrogens is 2. The third-order valence-corrected chi connectivity index (χ3v) is 9.79. The Balaban J connectivity index is 1.34. The highest BCUT2D eigenvalue weighted by Gasteiger charge is 2.57. The lowest BCUT2D eigenvalue weighted by molar-refractivity contribution is -0.167. The Morgan fingerprint density at radius 1 is 1.29 bits per heavy atom. The van der Waals surface area contributed by atoms with E-state index in [1.54, 1.807) is 12.2 Å². The summed E-state index contributed by atoms with van der Waals surface area (Å²) in [6.45, 7) is 1.77. The SMILES string of the molecule is Cc1nnc(SCC2(C(=O)O)CS[C@@H]3C(NC(=O)C(N)c4ccc(NC(=O)C(F)(F)F)cc4)C(=O)N3C2)s1. The molecule has 5 N–H and O–H groups in total. The molecule has 2 aliphatic rings. The lowest BCUT2D eigenvalue weighted by Gasteiger charge is -2.53. The number of hydrogen-bond donors (Lipinski definition) is 4. The summed E-state index contributed by atoms with van der Waals surface area (Å²) < 4.78 is 37.8. The fourth-order valence-electron chi connectivity index (χ4n) is 3.81. The van der Waals surface area contributed by atoms with Crippen LogP contribution in [0.1, 0.15) is 16.6 Å². The van der Waals surface area contributed by atoms with Gasteiger partial charge < -0.3 is 26.4 Å². The molecule has 2 saturated heterocycles. The highest BCUT2D eigenvalue weighted by molar-refractivity contribution is 8.01. The first-order valence-corrected chi connectivity index (χ1v) is 13.8. The molecule has 11 nitrogen and oxygen atoms in total. The minimum absolute atomic E-state index is 0.0207. The van der Waals surface area contributed by atoms with Gasteiger partial charge in [0.2, 0.25) is 11.8 Å². The lowest BCUT2D eigenvalue weighted by Crippen LogP contribution is -2.74. The summed E-state index contributed by atoms with van der Waals surface area (Å²) in [7, 11) is 0. The van der Waals surface area contributed by atoms with E-state index < -0.39 is 52.7 Å². The van der Waals surface area contributed by atoms with E-state index in [0.717, 1.165) is 5.01 Å². The van der Waals surface area contributed by atoms with Gasteiger partial charge >= 0.3 is 18.1 Å². The number of alkyl halides is 3. The van der Waals surface area contributed by atoms with Gasteiger partial charge in [-0.25, -0.2) is 0 Å². The van der Waals surface area contributed by atoms with Gasteiger partial charge in [-0.2, -0.15) is 13.2 Å². The molecule has 2 fully saturated rings. The summed E-state index contributed by atoms with van der Waals surface area (Å²) >= 11 is 3.87. The van der Waals surface area contributed by atoms with Crippen LogP contribution >= 0.6 is 34.9 Å². The number of carboxylic acids is 1. The molecule has 0 bridgehead atoms. The van der Waals surface area contributed by atoms with Crippen LogP contribution in [0.15, 0.2) is 28.6 Å². The van der Waals surface area contributed by atoms with Gasteiger partial charge in [0.1, 0.15) is 27.9 Å². The molecule has 1 aromatic carbocycles. The highest BCUT2D eigenvalue weighted by Crippen LogP contribution is 2.44. The minimum atomic E-state index is -5.05. The van der Waals surface area contributed by atoms with Crippen molar-refractivity contribution in [3.05, 3.63) is 34.8 Å². The van der Waals surface area contributed by atoms with Crippen LogP contribution in [0.4, 0.5) is 18.9 Å². The molecule has 4 atom stereocenters. The Kier molecular flexibility index (Phi) is 7.92. The van der Waals surface area contributed by atoms with E-state index in [9.17, 15) is 37.5 Å². The summed E-state index contributed by atoms with van der Waals surface area (Å²) in [4.78, 5) is 50.2. The first kappa shape index (κ1) is 28.1. The lowest BCUT2D eigenvalue weighted by atomic mass is 9.89. The molecule has 3 heterocycles. The van der Waals surface area contributed by atoms with Crippen LogP contribution in [0.3, 0.4) is 0 Å².